The van der Waals surface area contributed by atoms with E-state index in [9.17, 15) is 10.2 Å². The van der Waals surface area contributed by atoms with Crippen LogP contribution in [0.4, 0.5) is 11.4 Å². The second-order valence-electron chi connectivity index (χ2n) is 8.28. The number of hydrogen-bond donors (Lipinski definition) is 6. The predicted octanol–water partition coefficient (Wildman–Crippen LogP) is 4.92. The molecule has 0 amide bonds. The molecule has 0 atom stereocenters. The number of nitrogens with one attached hydrogen (secondary N) is 4. The van der Waals surface area contributed by atoms with Crippen LogP contribution in [0.25, 0.3) is 0 Å². The van der Waals surface area contributed by atoms with E-state index in [1.54, 1.807) is 24.3 Å². The first-order valence-electron chi connectivity index (χ1n) is 12.2. The van der Waals surface area contributed by atoms with Crippen LogP contribution in [-0.2, 0) is 0 Å². The zero-order valence-electron chi connectivity index (χ0n) is 19.4. The second kappa shape index (κ2) is 17.2. The molecule has 6 N–H and O–H groups in total. The molecule has 0 fully saturated rings. The van der Waals surface area contributed by atoms with Gasteiger partial charge in [0.2, 0.25) is 0 Å². The molecule has 0 aliphatic carbocycles. The third kappa shape index (κ3) is 13.1. The Hall–Kier alpha value is -2.44. The first-order valence-corrected chi connectivity index (χ1v) is 12.2. The van der Waals surface area contributed by atoms with Gasteiger partial charge in [0.1, 0.15) is 11.5 Å². The minimum atomic E-state index is 0.306. The Morgan fingerprint density at radius 2 is 0.750 bits per heavy atom. The van der Waals surface area contributed by atoms with Crippen molar-refractivity contribution >= 4 is 11.4 Å². The number of phenolic OH excluding ortho intramolecular Hbond substituents is 2. The summed E-state index contributed by atoms with van der Waals surface area (Å²) in [6.45, 7) is 6.20. The van der Waals surface area contributed by atoms with E-state index in [0.717, 1.165) is 63.5 Å². The van der Waals surface area contributed by atoms with Gasteiger partial charge in [0.05, 0.1) is 0 Å². The molecule has 32 heavy (non-hydrogen) atoms. The number of phenols is 2. The highest BCUT2D eigenvalue weighted by atomic mass is 16.3. The van der Waals surface area contributed by atoms with Gasteiger partial charge < -0.3 is 31.5 Å². The van der Waals surface area contributed by atoms with E-state index in [1.807, 2.05) is 24.3 Å². The summed E-state index contributed by atoms with van der Waals surface area (Å²) in [5.41, 5.74) is 2.11. The molecule has 0 bridgehead atoms. The van der Waals surface area contributed by atoms with E-state index in [4.69, 9.17) is 0 Å². The van der Waals surface area contributed by atoms with Crippen LogP contribution in [0, 0.1) is 0 Å². The lowest BCUT2D eigenvalue weighted by molar-refractivity contribution is 0.475. The van der Waals surface area contributed by atoms with E-state index >= 15 is 0 Å². The summed E-state index contributed by atoms with van der Waals surface area (Å²) in [6, 6.07) is 14.4. The lowest BCUT2D eigenvalue weighted by Gasteiger charge is -2.08. The van der Waals surface area contributed by atoms with Crippen LogP contribution in [-0.4, -0.2) is 49.5 Å². The van der Waals surface area contributed by atoms with Gasteiger partial charge in [-0.15, -0.1) is 0 Å². The van der Waals surface area contributed by atoms with Crippen molar-refractivity contribution in [2.75, 3.05) is 49.9 Å². The fraction of sp³-hybridized carbons (Fsp3) is 0.538. The molecule has 6 nitrogen and oxygen atoms in total. The van der Waals surface area contributed by atoms with Crippen molar-refractivity contribution in [3.05, 3.63) is 48.5 Å². The molecule has 2 aromatic rings. The zero-order valence-corrected chi connectivity index (χ0v) is 19.4. The predicted molar refractivity (Wildman–Crippen MR) is 136 cm³/mol. The standard InChI is InChI=1S/C26H42N4O2/c31-25-13-9-23(10-14-25)29-21-7-19-27-17-5-3-1-2-4-6-18-28-20-8-22-30-24-11-15-26(32)16-12-24/h9-16,27-32H,1-8,17-22H2. The van der Waals surface area contributed by atoms with Gasteiger partial charge in [-0.1, -0.05) is 25.7 Å². The van der Waals surface area contributed by atoms with Crippen molar-refractivity contribution in [3.63, 3.8) is 0 Å². The van der Waals surface area contributed by atoms with E-state index in [1.165, 1.54) is 38.5 Å². The normalized spacial score (nSPS) is 10.9. The molecule has 2 aromatic carbocycles. The Labute approximate surface area is 193 Å². The highest BCUT2D eigenvalue weighted by Gasteiger charge is 1.95. The van der Waals surface area contributed by atoms with Gasteiger partial charge in [-0.2, -0.15) is 0 Å². The number of benzene rings is 2. The maximum atomic E-state index is 9.27. The fourth-order valence-corrected chi connectivity index (χ4v) is 3.51. The number of anilines is 2. The average molecular weight is 443 g/mol. The highest BCUT2D eigenvalue weighted by Crippen LogP contribution is 2.14. The van der Waals surface area contributed by atoms with Gasteiger partial charge in [-0.3, -0.25) is 0 Å². The largest absolute Gasteiger partial charge is 0.508 e. The minimum absolute atomic E-state index is 0.306. The van der Waals surface area contributed by atoms with Gasteiger partial charge in [0.15, 0.2) is 0 Å². The number of unbranched alkanes of at least 4 members (excludes halogenated alkanes) is 5. The van der Waals surface area contributed by atoms with Crippen LogP contribution in [0.1, 0.15) is 51.4 Å². The smallest absolute Gasteiger partial charge is 0.115 e. The fourth-order valence-electron chi connectivity index (χ4n) is 3.51. The van der Waals surface area contributed by atoms with Crippen LogP contribution in [0.15, 0.2) is 48.5 Å². The third-order valence-corrected chi connectivity index (χ3v) is 5.41. The van der Waals surface area contributed by atoms with E-state index < -0.39 is 0 Å². The topological polar surface area (TPSA) is 88.6 Å². The lowest BCUT2D eigenvalue weighted by Crippen LogP contribution is -2.19. The maximum Gasteiger partial charge on any atom is 0.115 e. The molecule has 178 valence electrons. The molecular weight excluding hydrogens is 400 g/mol. The highest BCUT2D eigenvalue weighted by molar-refractivity contribution is 5.46. The number of aromatic hydroxyl groups is 2. The Morgan fingerprint density at radius 3 is 1.16 bits per heavy atom. The molecule has 2 rings (SSSR count). The molecule has 0 unspecified atom stereocenters. The number of rotatable bonds is 19. The summed E-state index contributed by atoms with van der Waals surface area (Å²) in [5, 5.41) is 32.3. The Kier molecular flexibility index (Phi) is 13.8. The number of hydrogen-bond acceptors (Lipinski definition) is 6. The quantitative estimate of drug-likeness (QED) is 0.137. The SMILES string of the molecule is Oc1ccc(NCCCNCCCCCCCCNCCCNc2ccc(O)cc2)cc1. The molecule has 0 aromatic heterocycles. The Balaban J connectivity index is 1.25. The van der Waals surface area contributed by atoms with Crippen LogP contribution in [0.3, 0.4) is 0 Å². The van der Waals surface area contributed by atoms with E-state index in [0.29, 0.717) is 11.5 Å². The maximum absolute atomic E-state index is 9.27. The first kappa shape index (κ1) is 25.8. The van der Waals surface area contributed by atoms with Gasteiger partial charge in [-0.25, -0.2) is 0 Å². The average Bonchev–Trinajstić information content (AvgIpc) is 2.80. The third-order valence-electron chi connectivity index (χ3n) is 5.41. The van der Waals surface area contributed by atoms with Crippen molar-refractivity contribution < 1.29 is 10.2 Å². The summed E-state index contributed by atoms with van der Waals surface area (Å²) < 4.78 is 0. The zero-order chi connectivity index (χ0) is 22.7. The van der Waals surface area contributed by atoms with Crippen molar-refractivity contribution in [1.82, 2.24) is 10.6 Å². The summed E-state index contributed by atoms with van der Waals surface area (Å²) >= 11 is 0. The summed E-state index contributed by atoms with van der Waals surface area (Å²) in [6.07, 6.45) is 10.0. The van der Waals surface area contributed by atoms with Gasteiger partial charge in [-0.05, 0) is 100 Å². The van der Waals surface area contributed by atoms with Crippen LogP contribution >= 0.6 is 0 Å². The van der Waals surface area contributed by atoms with Crippen molar-refractivity contribution in [2.45, 2.75) is 51.4 Å². The molecular formula is C26H42N4O2. The second-order valence-corrected chi connectivity index (χ2v) is 8.28. The lowest BCUT2D eigenvalue weighted by atomic mass is 10.1. The summed E-state index contributed by atoms with van der Waals surface area (Å²) in [7, 11) is 0. The van der Waals surface area contributed by atoms with Crippen LogP contribution < -0.4 is 21.3 Å². The van der Waals surface area contributed by atoms with Gasteiger partial charge in [0, 0.05) is 24.5 Å². The van der Waals surface area contributed by atoms with Gasteiger partial charge >= 0.3 is 0 Å². The van der Waals surface area contributed by atoms with Crippen molar-refractivity contribution in [3.8, 4) is 11.5 Å². The van der Waals surface area contributed by atoms with Crippen molar-refractivity contribution in [1.29, 1.82) is 0 Å². The van der Waals surface area contributed by atoms with E-state index in [-0.39, 0.29) is 0 Å². The molecule has 0 radical (unpaired) electrons. The molecule has 0 aliphatic rings. The molecule has 0 saturated carbocycles. The van der Waals surface area contributed by atoms with Gasteiger partial charge in [0.25, 0.3) is 0 Å². The Bertz CT molecular complexity index is 630. The molecule has 6 heteroatoms. The minimum Gasteiger partial charge on any atom is -0.508 e. The molecule has 0 heterocycles. The molecule has 0 spiro atoms. The molecule has 0 saturated heterocycles. The Morgan fingerprint density at radius 1 is 0.406 bits per heavy atom. The van der Waals surface area contributed by atoms with Crippen LogP contribution in [0.5, 0.6) is 11.5 Å². The van der Waals surface area contributed by atoms with Crippen LogP contribution in [0.2, 0.25) is 0 Å². The molecule has 0 aliphatic heterocycles. The summed E-state index contributed by atoms with van der Waals surface area (Å²) in [5.74, 6) is 0.613. The first-order chi connectivity index (χ1) is 15.7. The van der Waals surface area contributed by atoms with E-state index in [2.05, 4.69) is 21.3 Å². The monoisotopic (exact) mass is 442 g/mol. The summed E-state index contributed by atoms with van der Waals surface area (Å²) in [4.78, 5) is 0. The van der Waals surface area contributed by atoms with Crippen molar-refractivity contribution in [2.24, 2.45) is 0 Å².